The molecule has 2 rings (SSSR count). The molecule has 2 aromatic carbocycles. The molecule has 0 aromatic heterocycles. The first-order valence-electron chi connectivity index (χ1n) is 9.16. The molecular formula is C21H26N2O4. The lowest BCUT2D eigenvalue weighted by Crippen LogP contribution is -2.32. The SMILES string of the molecule is CCCOc1ccc(NC(=O)CNC(=O)c2ccccc2)cc1OCCC. The van der Waals surface area contributed by atoms with Crippen molar-refractivity contribution in [2.24, 2.45) is 0 Å². The third kappa shape index (κ3) is 6.66. The molecule has 0 aliphatic carbocycles. The number of carbonyl (C=O) groups is 2. The zero-order chi connectivity index (χ0) is 19.5. The smallest absolute Gasteiger partial charge is 0.251 e. The number of ether oxygens (including phenoxy) is 2. The zero-order valence-electron chi connectivity index (χ0n) is 15.8. The molecule has 2 amide bonds. The molecule has 0 saturated carbocycles. The van der Waals surface area contributed by atoms with Crippen molar-refractivity contribution >= 4 is 17.5 Å². The summed E-state index contributed by atoms with van der Waals surface area (Å²) in [6.07, 6.45) is 1.77. The van der Waals surface area contributed by atoms with E-state index in [-0.39, 0.29) is 18.4 Å². The first kappa shape index (κ1) is 20.3. The van der Waals surface area contributed by atoms with Crippen molar-refractivity contribution in [3.05, 3.63) is 54.1 Å². The van der Waals surface area contributed by atoms with Gasteiger partial charge in [-0.05, 0) is 37.1 Å². The van der Waals surface area contributed by atoms with Crippen LogP contribution >= 0.6 is 0 Å². The van der Waals surface area contributed by atoms with Crippen LogP contribution in [0.3, 0.4) is 0 Å². The van der Waals surface area contributed by atoms with Gasteiger partial charge in [-0.3, -0.25) is 9.59 Å². The highest BCUT2D eigenvalue weighted by molar-refractivity contribution is 5.99. The Hall–Kier alpha value is -3.02. The molecule has 6 heteroatoms. The summed E-state index contributed by atoms with van der Waals surface area (Å²) in [4.78, 5) is 24.1. The van der Waals surface area contributed by atoms with Crippen molar-refractivity contribution in [2.45, 2.75) is 26.7 Å². The van der Waals surface area contributed by atoms with E-state index in [0.29, 0.717) is 36.0 Å². The first-order chi connectivity index (χ1) is 13.1. The summed E-state index contributed by atoms with van der Waals surface area (Å²) in [6.45, 7) is 5.10. The molecule has 0 saturated heterocycles. The third-order valence-electron chi connectivity index (χ3n) is 3.60. The van der Waals surface area contributed by atoms with Crippen LogP contribution in [0, 0.1) is 0 Å². The maximum absolute atomic E-state index is 12.1. The Morgan fingerprint density at radius 2 is 1.56 bits per heavy atom. The van der Waals surface area contributed by atoms with Crippen LogP contribution in [-0.2, 0) is 4.79 Å². The summed E-state index contributed by atoms with van der Waals surface area (Å²) in [7, 11) is 0. The van der Waals surface area contributed by atoms with Gasteiger partial charge in [0.15, 0.2) is 11.5 Å². The summed E-state index contributed by atoms with van der Waals surface area (Å²) < 4.78 is 11.4. The fraction of sp³-hybridized carbons (Fsp3) is 0.333. The lowest BCUT2D eigenvalue weighted by atomic mass is 10.2. The number of anilines is 1. The van der Waals surface area contributed by atoms with Crippen LogP contribution in [0.1, 0.15) is 37.0 Å². The van der Waals surface area contributed by atoms with Crippen LogP contribution < -0.4 is 20.1 Å². The van der Waals surface area contributed by atoms with Crippen molar-refractivity contribution in [3.8, 4) is 11.5 Å². The molecule has 144 valence electrons. The van der Waals surface area contributed by atoms with Gasteiger partial charge in [-0.2, -0.15) is 0 Å². The van der Waals surface area contributed by atoms with Gasteiger partial charge in [0.1, 0.15) is 0 Å². The summed E-state index contributed by atoms with van der Waals surface area (Å²) in [6, 6.07) is 14.0. The highest BCUT2D eigenvalue weighted by Gasteiger charge is 2.11. The molecule has 0 fully saturated rings. The van der Waals surface area contributed by atoms with Crippen molar-refractivity contribution in [3.63, 3.8) is 0 Å². The Morgan fingerprint density at radius 3 is 2.22 bits per heavy atom. The zero-order valence-corrected chi connectivity index (χ0v) is 15.8. The molecular weight excluding hydrogens is 344 g/mol. The van der Waals surface area contributed by atoms with Gasteiger partial charge in [-0.15, -0.1) is 0 Å². The van der Waals surface area contributed by atoms with Crippen molar-refractivity contribution < 1.29 is 19.1 Å². The third-order valence-corrected chi connectivity index (χ3v) is 3.60. The number of rotatable bonds is 10. The van der Waals surface area contributed by atoms with E-state index in [1.54, 1.807) is 42.5 Å². The van der Waals surface area contributed by atoms with Gasteiger partial charge in [0.05, 0.1) is 19.8 Å². The van der Waals surface area contributed by atoms with E-state index in [1.807, 2.05) is 19.9 Å². The lowest BCUT2D eigenvalue weighted by molar-refractivity contribution is -0.115. The summed E-state index contributed by atoms with van der Waals surface area (Å²) >= 11 is 0. The molecule has 0 spiro atoms. The standard InChI is InChI=1S/C21H26N2O4/c1-3-12-26-18-11-10-17(14-19(18)27-13-4-2)23-20(24)15-22-21(25)16-8-6-5-7-9-16/h5-11,14H,3-4,12-13,15H2,1-2H3,(H,22,25)(H,23,24). The normalized spacial score (nSPS) is 10.1. The van der Waals surface area contributed by atoms with Crippen LogP contribution in [0.15, 0.2) is 48.5 Å². The van der Waals surface area contributed by atoms with Crippen LogP contribution in [0.2, 0.25) is 0 Å². The summed E-state index contributed by atoms with van der Waals surface area (Å²) in [5.74, 6) is 0.640. The van der Waals surface area contributed by atoms with Gasteiger partial charge in [-0.1, -0.05) is 32.0 Å². The molecule has 0 radical (unpaired) electrons. The van der Waals surface area contributed by atoms with Gasteiger partial charge in [0.2, 0.25) is 5.91 Å². The lowest BCUT2D eigenvalue weighted by Gasteiger charge is -2.14. The Balaban J connectivity index is 1.94. The van der Waals surface area contributed by atoms with Crippen LogP contribution in [0.5, 0.6) is 11.5 Å². The van der Waals surface area contributed by atoms with Gasteiger partial charge in [0, 0.05) is 17.3 Å². The van der Waals surface area contributed by atoms with E-state index in [9.17, 15) is 9.59 Å². The molecule has 0 atom stereocenters. The highest BCUT2D eigenvalue weighted by Crippen LogP contribution is 2.30. The Kier molecular flexibility index (Phi) is 8.16. The topological polar surface area (TPSA) is 76.7 Å². The Labute approximate surface area is 159 Å². The fourth-order valence-electron chi connectivity index (χ4n) is 2.30. The monoisotopic (exact) mass is 370 g/mol. The highest BCUT2D eigenvalue weighted by atomic mass is 16.5. The number of nitrogens with one attached hydrogen (secondary N) is 2. The van der Waals surface area contributed by atoms with Gasteiger partial charge >= 0.3 is 0 Å². The molecule has 0 aliphatic rings. The van der Waals surface area contributed by atoms with E-state index < -0.39 is 0 Å². The predicted octanol–water partition coefficient (Wildman–Crippen LogP) is 3.63. The largest absolute Gasteiger partial charge is 0.490 e. The number of carbonyl (C=O) groups excluding carboxylic acids is 2. The van der Waals surface area contributed by atoms with Crippen molar-refractivity contribution in [1.82, 2.24) is 5.32 Å². The van der Waals surface area contributed by atoms with Gasteiger partial charge in [0.25, 0.3) is 5.91 Å². The summed E-state index contributed by atoms with van der Waals surface area (Å²) in [5, 5.41) is 5.36. The maximum atomic E-state index is 12.1. The van der Waals surface area contributed by atoms with E-state index in [4.69, 9.17) is 9.47 Å². The molecule has 2 aromatic rings. The van der Waals surface area contributed by atoms with Crippen LogP contribution in [0.4, 0.5) is 5.69 Å². The molecule has 27 heavy (non-hydrogen) atoms. The van der Waals surface area contributed by atoms with Gasteiger partial charge in [-0.25, -0.2) is 0 Å². The second kappa shape index (κ2) is 10.9. The molecule has 0 unspecified atom stereocenters. The summed E-state index contributed by atoms with van der Waals surface area (Å²) in [5.41, 5.74) is 1.10. The Bertz CT molecular complexity index is 747. The quantitative estimate of drug-likeness (QED) is 0.669. The van der Waals surface area contributed by atoms with Gasteiger partial charge < -0.3 is 20.1 Å². The van der Waals surface area contributed by atoms with Crippen molar-refractivity contribution in [2.75, 3.05) is 25.1 Å². The van der Waals surface area contributed by atoms with E-state index in [1.165, 1.54) is 0 Å². The molecule has 2 N–H and O–H groups in total. The average molecular weight is 370 g/mol. The molecule has 0 bridgehead atoms. The minimum Gasteiger partial charge on any atom is -0.490 e. The van der Waals surface area contributed by atoms with Crippen molar-refractivity contribution in [1.29, 1.82) is 0 Å². The predicted molar refractivity (Wildman–Crippen MR) is 105 cm³/mol. The number of hydrogen-bond acceptors (Lipinski definition) is 4. The maximum Gasteiger partial charge on any atom is 0.251 e. The van der Waals surface area contributed by atoms with E-state index in [2.05, 4.69) is 10.6 Å². The minimum absolute atomic E-state index is 0.118. The van der Waals surface area contributed by atoms with E-state index in [0.717, 1.165) is 12.8 Å². The number of amides is 2. The fourth-order valence-corrected chi connectivity index (χ4v) is 2.30. The van der Waals surface area contributed by atoms with E-state index >= 15 is 0 Å². The second-order valence-corrected chi connectivity index (χ2v) is 5.96. The Morgan fingerprint density at radius 1 is 0.889 bits per heavy atom. The number of hydrogen-bond donors (Lipinski definition) is 2. The molecule has 6 nitrogen and oxygen atoms in total. The first-order valence-corrected chi connectivity index (χ1v) is 9.16. The average Bonchev–Trinajstić information content (AvgIpc) is 2.70. The van der Waals surface area contributed by atoms with Crippen LogP contribution in [0.25, 0.3) is 0 Å². The second-order valence-electron chi connectivity index (χ2n) is 5.96. The molecule has 0 aliphatic heterocycles. The minimum atomic E-state index is -0.317. The number of benzene rings is 2. The molecule has 0 heterocycles. The van der Waals surface area contributed by atoms with Crippen LogP contribution in [-0.4, -0.2) is 31.6 Å².